The minimum absolute atomic E-state index is 0.164. The summed E-state index contributed by atoms with van der Waals surface area (Å²) in [6, 6.07) is 7.36. The third kappa shape index (κ3) is 3.19. The van der Waals surface area contributed by atoms with Crippen LogP contribution >= 0.6 is 11.8 Å². The molecule has 1 aromatic carbocycles. The first-order valence-electron chi connectivity index (χ1n) is 7.60. The van der Waals surface area contributed by atoms with Crippen molar-refractivity contribution in [3.63, 3.8) is 0 Å². The zero-order valence-corrected chi connectivity index (χ0v) is 14.0. The van der Waals surface area contributed by atoms with Gasteiger partial charge in [-0.25, -0.2) is 0 Å². The Bertz CT molecular complexity index is 592. The van der Waals surface area contributed by atoms with Gasteiger partial charge < -0.3 is 4.74 Å². The van der Waals surface area contributed by atoms with Crippen LogP contribution in [0.5, 0.6) is 5.75 Å². The van der Waals surface area contributed by atoms with E-state index in [0.717, 1.165) is 23.5 Å². The molecule has 22 heavy (non-hydrogen) atoms. The van der Waals surface area contributed by atoms with Gasteiger partial charge in [-0.15, -0.1) is 11.8 Å². The Kier molecular flexibility index (Phi) is 5.66. The van der Waals surface area contributed by atoms with Gasteiger partial charge in [0.2, 0.25) is 0 Å². The number of ether oxygens (including phenoxy) is 1. The SMILES string of the molecule is CCCN1C(=O)C(SCC)=C(c2ccc(OCC)cc2)C1=O. The van der Waals surface area contributed by atoms with Crippen molar-refractivity contribution in [2.75, 3.05) is 18.9 Å². The smallest absolute Gasteiger partial charge is 0.267 e. The molecule has 1 aliphatic heterocycles. The Morgan fingerprint density at radius 1 is 1.05 bits per heavy atom. The van der Waals surface area contributed by atoms with E-state index in [1.54, 1.807) is 0 Å². The average Bonchev–Trinajstić information content (AvgIpc) is 2.74. The van der Waals surface area contributed by atoms with Crippen LogP contribution in [0, 0.1) is 0 Å². The van der Waals surface area contributed by atoms with Crippen LogP contribution < -0.4 is 4.74 Å². The zero-order valence-electron chi connectivity index (χ0n) is 13.2. The molecule has 1 heterocycles. The van der Waals surface area contributed by atoms with Gasteiger partial charge in [-0.3, -0.25) is 14.5 Å². The lowest BCUT2D eigenvalue weighted by Gasteiger charge is -2.13. The molecule has 0 aliphatic carbocycles. The first-order valence-corrected chi connectivity index (χ1v) is 8.59. The van der Waals surface area contributed by atoms with Gasteiger partial charge in [0.15, 0.2) is 0 Å². The molecule has 1 aliphatic rings. The van der Waals surface area contributed by atoms with Gasteiger partial charge in [-0.2, -0.15) is 0 Å². The summed E-state index contributed by atoms with van der Waals surface area (Å²) in [6.45, 7) is 6.93. The summed E-state index contributed by atoms with van der Waals surface area (Å²) in [4.78, 5) is 27.0. The van der Waals surface area contributed by atoms with Crippen LogP contribution in [0.25, 0.3) is 5.57 Å². The van der Waals surface area contributed by atoms with E-state index in [1.165, 1.54) is 16.7 Å². The lowest BCUT2D eigenvalue weighted by Crippen LogP contribution is -2.32. The fourth-order valence-corrected chi connectivity index (χ4v) is 3.27. The van der Waals surface area contributed by atoms with Crippen LogP contribution in [0.15, 0.2) is 29.2 Å². The molecular formula is C17H21NO3S. The number of amides is 2. The quantitative estimate of drug-likeness (QED) is 0.723. The first kappa shape index (κ1) is 16.6. The molecule has 0 spiro atoms. The van der Waals surface area contributed by atoms with Crippen molar-refractivity contribution < 1.29 is 14.3 Å². The monoisotopic (exact) mass is 319 g/mol. The summed E-state index contributed by atoms with van der Waals surface area (Å²) in [7, 11) is 0. The predicted octanol–water partition coefficient (Wildman–Crippen LogP) is 3.33. The highest BCUT2D eigenvalue weighted by Gasteiger charge is 2.38. The summed E-state index contributed by atoms with van der Waals surface area (Å²) in [5, 5.41) is 0. The van der Waals surface area contributed by atoms with Crippen molar-refractivity contribution in [2.45, 2.75) is 27.2 Å². The van der Waals surface area contributed by atoms with Crippen molar-refractivity contribution in [1.82, 2.24) is 4.90 Å². The molecule has 0 N–H and O–H groups in total. The number of imide groups is 1. The van der Waals surface area contributed by atoms with E-state index in [0.29, 0.717) is 23.6 Å². The Balaban J connectivity index is 2.39. The largest absolute Gasteiger partial charge is 0.494 e. The van der Waals surface area contributed by atoms with Gasteiger partial charge in [0, 0.05) is 6.54 Å². The topological polar surface area (TPSA) is 46.6 Å². The number of hydrogen-bond donors (Lipinski definition) is 0. The van der Waals surface area contributed by atoms with Gasteiger partial charge in [0.05, 0.1) is 17.1 Å². The molecule has 118 valence electrons. The molecule has 4 nitrogen and oxygen atoms in total. The summed E-state index contributed by atoms with van der Waals surface area (Å²) < 4.78 is 5.42. The van der Waals surface area contributed by atoms with Crippen LogP contribution in [-0.2, 0) is 9.59 Å². The molecule has 1 aromatic rings. The summed E-state index contributed by atoms with van der Waals surface area (Å²) in [5.74, 6) is 1.17. The molecule has 0 bridgehead atoms. The second-order valence-electron chi connectivity index (χ2n) is 4.86. The standard InChI is InChI=1S/C17H21NO3S/c1-4-11-18-16(19)14(15(17(18)20)22-6-3)12-7-9-13(10-8-12)21-5-2/h7-10H,4-6,11H2,1-3H3. The number of nitrogens with zero attached hydrogens (tertiary/aromatic N) is 1. The van der Waals surface area contributed by atoms with E-state index in [9.17, 15) is 9.59 Å². The van der Waals surface area contributed by atoms with Gasteiger partial charge in [-0.1, -0.05) is 26.0 Å². The molecule has 0 fully saturated rings. The molecule has 0 aromatic heterocycles. The Morgan fingerprint density at radius 3 is 2.27 bits per heavy atom. The molecule has 0 atom stereocenters. The van der Waals surface area contributed by atoms with Gasteiger partial charge in [0.25, 0.3) is 11.8 Å². The van der Waals surface area contributed by atoms with Gasteiger partial charge in [-0.05, 0) is 36.8 Å². The second-order valence-corrected chi connectivity index (χ2v) is 6.13. The molecule has 0 radical (unpaired) electrons. The van der Waals surface area contributed by atoms with Gasteiger partial charge >= 0.3 is 0 Å². The van der Waals surface area contributed by atoms with Gasteiger partial charge in [0.1, 0.15) is 5.75 Å². The molecule has 2 rings (SSSR count). The number of carbonyl (C=O) groups excluding carboxylic acids is 2. The van der Waals surface area contributed by atoms with Crippen LogP contribution in [0.3, 0.4) is 0 Å². The summed E-state index contributed by atoms with van der Waals surface area (Å²) in [5.41, 5.74) is 1.30. The predicted molar refractivity (Wildman–Crippen MR) is 89.7 cm³/mol. The molecule has 0 unspecified atom stereocenters. The third-order valence-corrected chi connectivity index (χ3v) is 4.27. The van der Waals surface area contributed by atoms with Crippen molar-refractivity contribution in [3.8, 4) is 5.75 Å². The second kappa shape index (κ2) is 7.49. The fraction of sp³-hybridized carbons (Fsp3) is 0.412. The van der Waals surface area contributed by atoms with Crippen molar-refractivity contribution in [1.29, 1.82) is 0 Å². The zero-order chi connectivity index (χ0) is 16.1. The highest BCUT2D eigenvalue weighted by molar-refractivity contribution is 8.04. The summed E-state index contributed by atoms with van der Waals surface area (Å²) in [6.07, 6.45) is 0.762. The molecular weight excluding hydrogens is 298 g/mol. The maximum atomic E-state index is 12.6. The number of rotatable bonds is 7. The van der Waals surface area contributed by atoms with E-state index in [1.807, 2.05) is 45.0 Å². The minimum Gasteiger partial charge on any atom is -0.494 e. The van der Waals surface area contributed by atoms with E-state index >= 15 is 0 Å². The number of hydrogen-bond acceptors (Lipinski definition) is 4. The number of benzene rings is 1. The van der Waals surface area contributed by atoms with Crippen LogP contribution in [0.4, 0.5) is 0 Å². The highest BCUT2D eigenvalue weighted by Crippen LogP contribution is 2.36. The lowest BCUT2D eigenvalue weighted by molar-refractivity contribution is -0.136. The number of thioether (sulfide) groups is 1. The highest BCUT2D eigenvalue weighted by atomic mass is 32.2. The number of carbonyl (C=O) groups is 2. The molecule has 5 heteroatoms. The van der Waals surface area contributed by atoms with E-state index in [2.05, 4.69) is 0 Å². The van der Waals surface area contributed by atoms with Crippen molar-refractivity contribution in [2.24, 2.45) is 0 Å². The van der Waals surface area contributed by atoms with Crippen LogP contribution in [-0.4, -0.2) is 35.6 Å². The first-order chi connectivity index (χ1) is 10.6. The Labute approximate surface area is 135 Å². The Hall–Kier alpha value is -1.75. The molecule has 2 amide bonds. The third-order valence-electron chi connectivity index (χ3n) is 3.32. The van der Waals surface area contributed by atoms with Crippen molar-refractivity contribution in [3.05, 3.63) is 34.7 Å². The van der Waals surface area contributed by atoms with E-state index < -0.39 is 0 Å². The maximum absolute atomic E-state index is 12.6. The van der Waals surface area contributed by atoms with E-state index in [-0.39, 0.29) is 11.8 Å². The van der Waals surface area contributed by atoms with E-state index in [4.69, 9.17) is 4.74 Å². The molecule has 0 saturated heterocycles. The van der Waals surface area contributed by atoms with Crippen molar-refractivity contribution >= 4 is 29.1 Å². The average molecular weight is 319 g/mol. The van der Waals surface area contributed by atoms with Crippen LogP contribution in [0.1, 0.15) is 32.8 Å². The lowest BCUT2D eigenvalue weighted by atomic mass is 10.1. The molecule has 0 saturated carbocycles. The Morgan fingerprint density at radius 2 is 1.73 bits per heavy atom. The minimum atomic E-state index is -0.188. The van der Waals surface area contributed by atoms with Crippen LogP contribution in [0.2, 0.25) is 0 Å². The normalized spacial score (nSPS) is 15.0. The fourth-order valence-electron chi connectivity index (χ4n) is 2.40. The maximum Gasteiger partial charge on any atom is 0.267 e. The summed E-state index contributed by atoms with van der Waals surface area (Å²) >= 11 is 1.43.